The number of fused-ring (bicyclic) bond motifs is 3. The van der Waals surface area contributed by atoms with E-state index in [0.29, 0.717) is 77.5 Å². The van der Waals surface area contributed by atoms with E-state index in [1.165, 1.54) is 66.1 Å². The largest absolute Gasteiger partial charge is 0.369 e. The molecule has 9 saturated heterocycles. The summed E-state index contributed by atoms with van der Waals surface area (Å²) in [4.78, 5) is 147. The van der Waals surface area contributed by atoms with E-state index in [4.69, 9.17) is 0 Å². The Kier molecular flexibility index (Phi) is 35.4. The fourth-order valence-corrected chi connectivity index (χ4v) is 27.3. The number of carbonyl (C=O) groups is 7. The van der Waals surface area contributed by atoms with Gasteiger partial charge in [-0.15, -0.1) is 35.3 Å². The number of nitrogens with one attached hydrogen (secondary N) is 3. The first kappa shape index (κ1) is 106. The van der Waals surface area contributed by atoms with Crippen LogP contribution in [0.4, 0.5) is 43.7 Å². The second-order valence-corrected chi connectivity index (χ2v) is 49.2. The topological polar surface area (TPSA) is 240 Å². The van der Waals surface area contributed by atoms with Gasteiger partial charge >= 0.3 is 17.8 Å². The summed E-state index contributed by atoms with van der Waals surface area (Å²) in [6.45, 7) is 47.7. The van der Waals surface area contributed by atoms with Gasteiger partial charge in [0, 0.05) is 260 Å². The van der Waals surface area contributed by atoms with E-state index in [2.05, 4.69) is 251 Å². The minimum Gasteiger partial charge on any atom is -0.369 e. The smallest absolute Gasteiger partial charge is 0.327 e. The van der Waals surface area contributed by atoms with Crippen molar-refractivity contribution in [1.82, 2.24) is 63.5 Å². The molecule has 0 radical (unpaired) electrons. The number of unbranched alkanes of at least 4 members (excludes halogenated alkanes) is 2. The normalized spacial score (nSPS) is 22.2. The van der Waals surface area contributed by atoms with Crippen LogP contribution in [-0.2, 0) is 36.9 Å². The number of aromatic amines is 1. The number of carbonyl (C=O) groups excluding carboxylic acids is 7. The molecule has 3 N–H and O–H groups in total. The van der Waals surface area contributed by atoms with E-state index in [0.717, 1.165) is 196 Å². The maximum atomic E-state index is 14.2. The molecule has 0 spiro atoms. The molecule has 0 aliphatic carbocycles. The van der Waals surface area contributed by atoms with Crippen LogP contribution in [-0.4, -0.2) is 297 Å². The summed E-state index contributed by atoms with van der Waals surface area (Å²) in [6, 6.07) is 56.7. The zero-order valence-electron chi connectivity index (χ0n) is 87.9. The number of H-pyrrole nitrogens is 1. The van der Waals surface area contributed by atoms with Gasteiger partial charge in [-0.05, 0) is 172 Å². The lowest BCUT2D eigenvalue weighted by Gasteiger charge is -2.40. The van der Waals surface area contributed by atoms with E-state index >= 15 is 0 Å². The Bertz CT molecular complexity index is 5770. The SMILES string of the molecule is CC(C)(C)CCN1C(=O)C(CC(=O)N2CCC(N3Cc4ccccc4NC3=O)CC2)SC1c1ccccc1N1CCN(c2ccccc2)CC1.CCCCN1CCN(c2ccccc2C2SC(CC(=O)N3CCC(N4CCc5ccccc5NC4=O)CC3)C(=O)N2CCC(C)(C)C)CC1.CCCCN1CCN(c2ccccc2C2SC(CC(=O)N3CCC(n4c(=O)[nH]c5ncccc54)CC3)CN2CCC(C)(C)C)CC1.[HH].[HH]. The Morgan fingerprint density at radius 1 is 0.400 bits per heavy atom. The number of piperidine rings is 3. The maximum Gasteiger partial charge on any atom is 0.327 e. The fourth-order valence-electron chi connectivity index (χ4n) is 22.7. The van der Waals surface area contributed by atoms with Crippen LogP contribution in [0.3, 0.4) is 0 Å². The molecule has 9 fully saturated rings. The van der Waals surface area contributed by atoms with Gasteiger partial charge in [0.1, 0.15) is 10.7 Å². The predicted octanol–water partition coefficient (Wildman–Crippen LogP) is 19.5. The highest BCUT2D eigenvalue weighted by atomic mass is 32.2. The van der Waals surface area contributed by atoms with Gasteiger partial charge in [0.05, 0.1) is 21.4 Å². The van der Waals surface area contributed by atoms with Crippen LogP contribution in [0.25, 0.3) is 11.2 Å². The molecule has 19 rings (SSSR count). The number of benzene rings is 6. The molecule has 6 atom stereocenters. The van der Waals surface area contributed by atoms with Crippen LogP contribution >= 0.6 is 35.3 Å². The number of thioether (sulfide) groups is 3. The second kappa shape index (κ2) is 48.4. The second-order valence-electron chi connectivity index (χ2n) is 45.3. The van der Waals surface area contributed by atoms with Crippen molar-refractivity contribution in [2.24, 2.45) is 16.2 Å². The first-order valence-electron chi connectivity index (χ1n) is 54.2. The summed E-state index contributed by atoms with van der Waals surface area (Å²) >= 11 is 5.30. The average molecular weight is 2040 g/mol. The van der Waals surface area contributed by atoms with Crippen molar-refractivity contribution in [3.05, 3.63) is 208 Å². The molecular formula is C115H163N19O8S3. The van der Waals surface area contributed by atoms with Crippen LogP contribution < -0.4 is 35.9 Å². The van der Waals surface area contributed by atoms with E-state index in [1.54, 1.807) is 29.7 Å². The average Bonchev–Trinajstić information content (AvgIpc) is 1.66. The van der Waals surface area contributed by atoms with E-state index in [9.17, 15) is 38.4 Å². The third-order valence-corrected chi connectivity index (χ3v) is 35.9. The van der Waals surface area contributed by atoms with Crippen molar-refractivity contribution < 1.29 is 36.4 Å². The van der Waals surface area contributed by atoms with Gasteiger partial charge < -0.3 is 64.5 Å². The number of likely N-dealkylation sites (tertiary alicyclic amines) is 3. The summed E-state index contributed by atoms with van der Waals surface area (Å²) in [5.74, 6) is 0.480. The van der Waals surface area contributed by atoms with Gasteiger partial charge in [-0.25, -0.2) is 19.4 Å². The minimum atomic E-state index is -0.419. The summed E-state index contributed by atoms with van der Waals surface area (Å²) in [7, 11) is 0. The molecule has 6 unspecified atom stereocenters. The molecule has 6 aromatic carbocycles. The molecule has 0 bridgehead atoms. The van der Waals surface area contributed by atoms with Crippen LogP contribution in [0.5, 0.6) is 0 Å². The van der Waals surface area contributed by atoms with Gasteiger partial charge in [-0.3, -0.25) is 48.2 Å². The van der Waals surface area contributed by atoms with Crippen molar-refractivity contribution in [1.29, 1.82) is 0 Å². The quantitative estimate of drug-likeness (QED) is 0.0413. The number of pyridine rings is 1. The summed E-state index contributed by atoms with van der Waals surface area (Å²) < 4.78 is 1.84. The molecule has 13 heterocycles. The number of aromatic nitrogens is 3. The summed E-state index contributed by atoms with van der Waals surface area (Å²) in [5.41, 5.74) is 14.6. The van der Waals surface area contributed by atoms with Gasteiger partial charge in [0.15, 0.2) is 5.65 Å². The molecule has 145 heavy (non-hydrogen) atoms. The molecule has 2 aromatic heterocycles. The number of para-hydroxylation sites is 6. The first-order chi connectivity index (χ1) is 69.9. The van der Waals surface area contributed by atoms with Crippen molar-refractivity contribution in [3.8, 4) is 0 Å². The van der Waals surface area contributed by atoms with E-state index in [-0.39, 0.29) is 119 Å². The Morgan fingerprint density at radius 3 is 1.30 bits per heavy atom. The van der Waals surface area contributed by atoms with Crippen LogP contribution in [0.15, 0.2) is 175 Å². The molecule has 0 saturated carbocycles. The fraction of sp³-hybridized carbons (Fsp3) is 0.574. The third-order valence-electron chi connectivity index (χ3n) is 31.5. The lowest BCUT2D eigenvalue weighted by molar-refractivity contribution is -0.137. The molecule has 11 aliphatic heterocycles. The Balaban J connectivity index is 0.000000164. The molecule has 8 aromatic rings. The molecule has 9 amide bonds. The van der Waals surface area contributed by atoms with Crippen molar-refractivity contribution in [3.63, 3.8) is 0 Å². The lowest BCUT2D eigenvalue weighted by Crippen LogP contribution is -2.51. The van der Waals surface area contributed by atoms with Gasteiger partial charge in [-0.1, -0.05) is 198 Å². The zero-order valence-corrected chi connectivity index (χ0v) is 90.4. The Morgan fingerprint density at radius 2 is 0.807 bits per heavy atom. The summed E-state index contributed by atoms with van der Waals surface area (Å²) in [6.07, 6.45) is 15.9. The molecular weight excluding hydrogens is 1870 g/mol. The number of urea groups is 2. The van der Waals surface area contributed by atoms with E-state index in [1.807, 2.05) is 94.3 Å². The summed E-state index contributed by atoms with van der Waals surface area (Å²) in [5, 5.41) is 5.55. The van der Waals surface area contributed by atoms with E-state index < -0.39 is 10.5 Å². The number of imidazole rings is 1. The highest BCUT2D eigenvalue weighted by Gasteiger charge is 2.48. The highest BCUT2D eigenvalue weighted by molar-refractivity contribution is 8.01. The molecule has 784 valence electrons. The Hall–Kier alpha value is -10.2. The van der Waals surface area contributed by atoms with Crippen LogP contribution in [0.1, 0.15) is 232 Å². The monoisotopic (exact) mass is 2030 g/mol. The molecule has 30 heteroatoms. The maximum absolute atomic E-state index is 14.2. The molecule has 27 nitrogen and oxygen atoms in total. The number of hydrogen-bond acceptors (Lipinski definition) is 19. The van der Waals surface area contributed by atoms with Crippen molar-refractivity contribution >= 4 is 122 Å². The Labute approximate surface area is 876 Å². The van der Waals surface area contributed by atoms with Gasteiger partial charge in [0.25, 0.3) is 0 Å². The number of amides is 9. The highest BCUT2D eigenvalue weighted by Crippen LogP contribution is 2.52. The number of hydrogen-bond donors (Lipinski definition) is 3. The minimum absolute atomic E-state index is 0. The standard InChI is InChI=1S/C40H50N6O3S.C39H56N6O3S.C36H53N7O2S.2H2/c1-40(2,3)19-22-45-37(48)35(27-36(47)44-20-17-31(18-21-44)46-28-29-11-7-9-15-33(29)41-39(46)49)50-38(45)32-14-8-10-16-34(32)43-25-23-42(24-26-43)30-12-5-4-6-13-30;1-5-6-19-41-24-26-42(27-25-41)33-14-10-8-12-31(33)37-45(23-18-39(2,3)4)36(47)34(49-37)28-35(46)43-20-16-30(17-21-43)44-22-15-29-11-7-9-13-32(29)40-38(44)48;1-5-6-17-39-21-23-40(24-22-39)30-11-8-7-10-29(30)34-42(20-15-36(2,3)4)26-28(46-34)25-32(44)41-18-13-27(14-19-41)43-31-12-9-16-37-33(31)38-35(43)45;;/h4-16,31,35,38H,17-28H2,1-3H3,(H,41,49);7-14,30,34,37H,5-6,15-28H2,1-4H3,(H,40,48);7-12,16,27-28,34H,5-6,13-15,17-26H2,1-4H3,(H,37,38,45);2*1H. The number of anilines is 6. The number of nitrogens with zero attached hydrogens (tertiary/aromatic N) is 16. The van der Waals surface area contributed by atoms with Gasteiger partial charge in [0.2, 0.25) is 29.5 Å². The molecule has 11 aliphatic rings. The van der Waals surface area contributed by atoms with Gasteiger partial charge in [-0.2, -0.15) is 0 Å². The lowest BCUT2D eigenvalue weighted by atomic mass is 9.92. The number of rotatable bonds is 28. The van der Waals surface area contributed by atoms with Crippen LogP contribution in [0, 0.1) is 16.2 Å². The third kappa shape index (κ3) is 26.7. The van der Waals surface area contributed by atoms with Crippen molar-refractivity contribution in [2.75, 3.05) is 194 Å². The van der Waals surface area contributed by atoms with Crippen molar-refractivity contribution in [2.45, 2.75) is 242 Å². The zero-order chi connectivity index (χ0) is 102. The van der Waals surface area contributed by atoms with Crippen LogP contribution in [0.2, 0.25) is 0 Å². The number of piperazine rings is 3. The first-order valence-corrected chi connectivity index (χ1v) is 57.1. The predicted molar refractivity (Wildman–Crippen MR) is 596 cm³/mol.